The van der Waals surface area contributed by atoms with Crippen molar-refractivity contribution in [3.8, 4) is 11.5 Å². The molecule has 0 saturated carbocycles. The third-order valence-electron chi connectivity index (χ3n) is 4.34. The van der Waals surface area contributed by atoms with Crippen molar-refractivity contribution in [1.82, 2.24) is 14.9 Å². The third-order valence-corrected chi connectivity index (χ3v) is 4.34. The van der Waals surface area contributed by atoms with Gasteiger partial charge in [0.15, 0.2) is 11.5 Å². The first-order chi connectivity index (χ1) is 13.7. The second kappa shape index (κ2) is 9.86. The molecule has 1 fully saturated rings. The maximum atomic E-state index is 12.5. The first kappa shape index (κ1) is 19.8. The van der Waals surface area contributed by atoms with Crippen LogP contribution in [0.4, 0.5) is 11.6 Å². The van der Waals surface area contributed by atoms with Crippen LogP contribution in [0.25, 0.3) is 0 Å². The standard InChI is InChI=1S/C19H25N5O4/c1-26-16-4-3-14(13-17(16)27-2)22-18(25)15-5-6-20-19(23-15)21-7-8-24-9-11-28-12-10-24/h3-6,13H,7-12H2,1-2H3,(H,22,25)(H,20,21,23). The highest BCUT2D eigenvalue weighted by Gasteiger charge is 2.12. The number of benzene rings is 1. The van der Waals surface area contributed by atoms with E-state index in [-0.39, 0.29) is 11.6 Å². The topological polar surface area (TPSA) is 97.8 Å². The predicted octanol–water partition coefficient (Wildman–Crippen LogP) is 1.49. The van der Waals surface area contributed by atoms with Gasteiger partial charge in [0.05, 0.1) is 27.4 Å². The Kier molecular flexibility index (Phi) is 6.99. The third kappa shape index (κ3) is 5.30. The Morgan fingerprint density at radius 2 is 1.96 bits per heavy atom. The molecule has 0 spiro atoms. The van der Waals surface area contributed by atoms with Crippen LogP contribution in [-0.4, -0.2) is 74.4 Å². The molecule has 1 aliphatic rings. The van der Waals surface area contributed by atoms with Crippen LogP contribution in [0.5, 0.6) is 11.5 Å². The molecule has 2 N–H and O–H groups in total. The molecule has 1 saturated heterocycles. The van der Waals surface area contributed by atoms with E-state index in [0.717, 1.165) is 32.8 Å². The molecule has 2 heterocycles. The van der Waals surface area contributed by atoms with Gasteiger partial charge in [-0.25, -0.2) is 9.97 Å². The molecule has 0 unspecified atom stereocenters. The number of morpholine rings is 1. The van der Waals surface area contributed by atoms with E-state index in [2.05, 4.69) is 25.5 Å². The molecule has 28 heavy (non-hydrogen) atoms. The van der Waals surface area contributed by atoms with E-state index in [9.17, 15) is 4.79 Å². The number of carbonyl (C=O) groups is 1. The molecule has 3 rings (SSSR count). The maximum absolute atomic E-state index is 12.5. The predicted molar refractivity (Wildman–Crippen MR) is 105 cm³/mol. The summed E-state index contributed by atoms with van der Waals surface area (Å²) in [6.07, 6.45) is 1.56. The van der Waals surface area contributed by atoms with Crippen molar-refractivity contribution in [2.75, 3.05) is 64.2 Å². The molecule has 150 valence electrons. The Balaban J connectivity index is 1.57. The summed E-state index contributed by atoms with van der Waals surface area (Å²) in [7, 11) is 3.10. The average molecular weight is 387 g/mol. The van der Waals surface area contributed by atoms with Gasteiger partial charge in [-0.3, -0.25) is 9.69 Å². The van der Waals surface area contributed by atoms with Crippen LogP contribution < -0.4 is 20.1 Å². The van der Waals surface area contributed by atoms with Crippen LogP contribution in [0.1, 0.15) is 10.5 Å². The van der Waals surface area contributed by atoms with Gasteiger partial charge < -0.3 is 24.8 Å². The number of ether oxygens (including phenoxy) is 3. The van der Waals surface area contributed by atoms with Crippen molar-refractivity contribution in [3.05, 3.63) is 36.2 Å². The van der Waals surface area contributed by atoms with Gasteiger partial charge in [0.2, 0.25) is 5.95 Å². The normalized spacial score (nSPS) is 14.4. The van der Waals surface area contributed by atoms with Crippen molar-refractivity contribution in [1.29, 1.82) is 0 Å². The van der Waals surface area contributed by atoms with Gasteiger partial charge in [-0.05, 0) is 18.2 Å². The molecular formula is C19H25N5O4. The Morgan fingerprint density at radius 3 is 2.71 bits per heavy atom. The summed E-state index contributed by atoms with van der Waals surface area (Å²) < 4.78 is 15.8. The molecule has 1 amide bonds. The number of hydrogen-bond acceptors (Lipinski definition) is 8. The second-order valence-corrected chi connectivity index (χ2v) is 6.17. The lowest BCUT2D eigenvalue weighted by Gasteiger charge is -2.26. The average Bonchev–Trinajstić information content (AvgIpc) is 2.74. The van der Waals surface area contributed by atoms with Gasteiger partial charge in [-0.15, -0.1) is 0 Å². The molecule has 1 aromatic carbocycles. The SMILES string of the molecule is COc1ccc(NC(=O)c2ccnc(NCCN3CCOCC3)n2)cc1OC. The zero-order chi connectivity index (χ0) is 19.8. The van der Waals surface area contributed by atoms with E-state index in [1.54, 1.807) is 44.7 Å². The quantitative estimate of drug-likeness (QED) is 0.703. The van der Waals surface area contributed by atoms with E-state index < -0.39 is 0 Å². The fourth-order valence-corrected chi connectivity index (χ4v) is 2.83. The van der Waals surface area contributed by atoms with Crippen LogP contribution in [0, 0.1) is 0 Å². The Bertz CT molecular complexity index is 796. The van der Waals surface area contributed by atoms with Crippen molar-refractivity contribution < 1.29 is 19.0 Å². The zero-order valence-electron chi connectivity index (χ0n) is 16.1. The molecule has 1 aromatic heterocycles. The lowest BCUT2D eigenvalue weighted by atomic mass is 10.2. The number of amides is 1. The molecule has 0 atom stereocenters. The minimum absolute atomic E-state index is 0.277. The Morgan fingerprint density at radius 1 is 1.18 bits per heavy atom. The van der Waals surface area contributed by atoms with E-state index in [0.29, 0.717) is 29.7 Å². The van der Waals surface area contributed by atoms with Crippen LogP contribution >= 0.6 is 0 Å². The summed E-state index contributed by atoms with van der Waals surface area (Å²) in [5, 5.41) is 5.97. The van der Waals surface area contributed by atoms with E-state index >= 15 is 0 Å². The van der Waals surface area contributed by atoms with Crippen LogP contribution in [0.15, 0.2) is 30.5 Å². The number of anilines is 2. The summed E-state index contributed by atoms with van der Waals surface area (Å²) in [4.78, 5) is 23.3. The minimum Gasteiger partial charge on any atom is -0.493 e. The fourth-order valence-electron chi connectivity index (χ4n) is 2.83. The number of aromatic nitrogens is 2. The molecule has 0 aliphatic carbocycles. The Labute approximate surface area is 164 Å². The summed E-state index contributed by atoms with van der Waals surface area (Å²) in [6, 6.07) is 6.73. The molecular weight excluding hydrogens is 362 g/mol. The minimum atomic E-state index is -0.328. The zero-order valence-corrected chi connectivity index (χ0v) is 16.1. The van der Waals surface area contributed by atoms with Crippen LogP contribution in [0.2, 0.25) is 0 Å². The number of nitrogens with one attached hydrogen (secondary N) is 2. The maximum Gasteiger partial charge on any atom is 0.274 e. The number of methoxy groups -OCH3 is 2. The van der Waals surface area contributed by atoms with Crippen LogP contribution in [0.3, 0.4) is 0 Å². The molecule has 2 aromatic rings. The number of hydrogen-bond donors (Lipinski definition) is 2. The van der Waals surface area contributed by atoms with Crippen LogP contribution in [-0.2, 0) is 4.74 Å². The van der Waals surface area contributed by atoms with Gasteiger partial charge in [-0.2, -0.15) is 0 Å². The largest absolute Gasteiger partial charge is 0.493 e. The molecule has 0 radical (unpaired) electrons. The molecule has 9 heteroatoms. The first-order valence-corrected chi connectivity index (χ1v) is 9.10. The summed E-state index contributed by atoms with van der Waals surface area (Å²) in [5.41, 5.74) is 0.863. The highest BCUT2D eigenvalue weighted by atomic mass is 16.5. The monoisotopic (exact) mass is 387 g/mol. The first-order valence-electron chi connectivity index (χ1n) is 9.10. The van der Waals surface area contributed by atoms with E-state index in [1.165, 1.54) is 0 Å². The van der Waals surface area contributed by atoms with Crippen molar-refractivity contribution >= 4 is 17.5 Å². The Hall–Kier alpha value is -2.91. The summed E-state index contributed by atoms with van der Waals surface area (Å²) in [5.74, 6) is 1.22. The number of carbonyl (C=O) groups excluding carboxylic acids is 1. The van der Waals surface area contributed by atoms with Gasteiger partial charge >= 0.3 is 0 Å². The van der Waals surface area contributed by atoms with Gasteiger partial charge in [-0.1, -0.05) is 0 Å². The summed E-state index contributed by atoms with van der Waals surface area (Å²) in [6.45, 7) is 4.95. The van der Waals surface area contributed by atoms with Gasteiger partial charge in [0.1, 0.15) is 5.69 Å². The van der Waals surface area contributed by atoms with Crippen molar-refractivity contribution in [3.63, 3.8) is 0 Å². The highest BCUT2D eigenvalue weighted by molar-refractivity contribution is 6.03. The fraction of sp³-hybridized carbons (Fsp3) is 0.421. The second-order valence-electron chi connectivity index (χ2n) is 6.17. The van der Waals surface area contributed by atoms with Gasteiger partial charge in [0, 0.05) is 44.1 Å². The number of nitrogens with zero attached hydrogens (tertiary/aromatic N) is 3. The number of rotatable bonds is 8. The van der Waals surface area contributed by atoms with Gasteiger partial charge in [0.25, 0.3) is 5.91 Å². The van der Waals surface area contributed by atoms with Crippen molar-refractivity contribution in [2.24, 2.45) is 0 Å². The van der Waals surface area contributed by atoms with Crippen molar-refractivity contribution in [2.45, 2.75) is 0 Å². The summed E-state index contributed by atoms with van der Waals surface area (Å²) >= 11 is 0. The van der Waals surface area contributed by atoms with E-state index in [4.69, 9.17) is 14.2 Å². The smallest absolute Gasteiger partial charge is 0.274 e. The molecule has 9 nitrogen and oxygen atoms in total. The lowest BCUT2D eigenvalue weighted by Crippen LogP contribution is -2.39. The molecule has 1 aliphatic heterocycles. The molecule has 0 bridgehead atoms. The van der Waals surface area contributed by atoms with E-state index in [1.807, 2.05) is 0 Å². The highest BCUT2D eigenvalue weighted by Crippen LogP contribution is 2.29. The lowest BCUT2D eigenvalue weighted by molar-refractivity contribution is 0.0398.